The smallest absolute Gasteiger partial charge is 0.170 e. The molecule has 4 heteroatoms. The lowest BCUT2D eigenvalue weighted by atomic mass is 10.1. The number of nitrogens with one attached hydrogen (secondary N) is 1. The van der Waals surface area contributed by atoms with Crippen LogP contribution in [0, 0.1) is 11.8 Å². The van der Waals surface area contributed by atoms with E-state index in [4.69, 9.17) is 4.52 Å². The third kappa shape index (κ3) is 2.90. The summed E-state index contributed by atoms with van der Waals surface area (Å²) in [6.07, 6.45) is 2.33. The highest BCUT2D eigenvalue weighted by molar-refractivity contribution is 5.67. The predicted molar refractivity (Wildman–Crippen MR) is 69.0 cm³/mol. The molecule has 0 bridgehead atoms. The Balaban J connectivity index is 2.23. The average molecular weight is 242 g/mol. The van der Waals surface area contributed by atoms with Crippen LogP contribution in [0.1, 0.15) is 12.0 Å². The summed E-state index contributed by atoms with van der Waals surface area (Å²) in [4.78, 5) is 0. The van der Waals surface area contributed by atoms with Crippen molar-refractivity contribution in [3.63, 3.8) is 0 Å². The second-order valence-corrected chi connectivity index (χ2v) is 3.76. The zero-order valence-electron chi connectivity index (χ0n) is 10.1. The molecule has 0 saturated heterocycles. The van der Waals surface area contributed by atoms with Gasteiger partial charge in [0.05, 0.1) is 11.8 Å². The Morgan fingerprint density at radius 1 is 1.39 bits per heavy atom. The highest BCUT2D eigenvalue weighted by Crippen LogP contribution is 2.29. The first kappa shape index (κ1) is 12.2. The van der Waals surface area contributed by atoms with E-state index in [2.05, 4.69) is 22.3 Å². The molecule has 0 aliphatic heterocycles. The van der Waals surface area contributed by atoms with Crippen LogP contribution in [0.15, 0.2) is 35.0 Å². The van der Waals surface area contributed by atoms with Crippen molar-refractivity contribution < 1.29 is 9.63 Å². The molecule has 0 aliphatic rings. The fraction of sp³-hybridized carbons (Fsp3) is 0.214. The third-order valence-corrected chi connectivity index (χ3v) is 2.43. The Morgan fingerprint density at radius 2 is 2.28 bits per heavy atom. The van der Waals surface area contributed by atoms with E-state index in [0.29, 0.717) is 11.3 Å². The Kier molecular flexibility index (Phi) is 4.00. The van der Waals surface area contributed by atoms with Crippen LogP contribution < -0.4 is 5.32 Å². The number of hydrogen-bond acceptors (Lipinski definition) is 4. The molecule has 0 saturated carbocycles. The van der Waals surface area contributed by atoms with E-state index in [1.165, 1.54) is 0 Å². The molecule has 0 unspecified atom stereocenters. The molecule has 2 aromatic rings. The summed E-state index contributed by atoms with van der Waals surface area (Å²) < 4.78 is 5.03. The van der Waals surface area contributed by atoms with E-state index in [1.807, 2.05) is 7.05 Å². The Bertz CT molecular complexity index is 565. The lowest BCUT2D eigenvalue weighted by molar-refractivity contribution is 0.426. The lowest BCUT2D eigenvalue weighted by Gasteiger charge is -2.00. The quantitative estimate of drug-likeness (QED) is 0.638. The predicted octanol–water partition coefficient (Wildman–Crippen LogP) is 2.01. The van der Waals surface area contributed by atoms with Crippen LogP contribution in [0.4, 0.5) is 0 Å². The summed E-state index contributed by atoms with van der Waals surface area (Å²) in [7, 11) is 1.89. The van der Waals surface area contributed by atoms with Gasteiger partial charge in [-0.1, -0.05) is 17.0 Å². The molecule has 0 amide bonds. The maximum Gasteiger partial charge on any atom is 0.170 e. The van der Waals surface area contributed by atoms with Crippen LogP contribution in [0.25, 0.3) is 11.3 Å². The van der Waals surface area contributed by atoms with Crippen LogP contribution in [-0.2, 0) is 0 Å². The monoisotopic (exact) mass is 242 g/mol. The molecular formula is C14H14N2O2. The van der Waals surface area contributed by atoms with Gasteiger partial charge in [0.25, 0.3) is 0 Å². The van der Waals surface area contributed by atoms with Crippen LogP contribution in [0.5, 0.6) is 5.75 Å². The second kappa shape index (κ2) is 5.89. The fourth-order valence-corrected chi connectivity index (χ4v) is 1.52. The first-order valence-electron chi connectivity index (χ1n) is 5.69. The molecule has 4 nitrogen and oxygen atoms in total. The Morgan fingerprint density at radius 3 is 3.00 bits per heavy atom. The fourth-order valence-electron chi connectivity index (χ4n) is 1.52. The Hall–Kier alpha value is -2.25. The van der Waals surface area contributed by atoms with E-state index in [0.717, 1.165) is 18.5 Å². The van der Waals surface area contributed by atoms with Gasteiger partial charge in [0.1, 0.15) is 5.75 Å². The number of phenols is 1. The minimum Gasteiger partial charge on any atom is -0.507 e. The summed E-state index contributed by atoms with van der Waals surface area (Å²) in [6.45, 7) is 0.861. The van der Waals surface area contributed by atoms with Gasteiger partial charge in [-0.15, -0.1) is 0 Å². The maximum atomic E-state index is 9.77. The van der Waals surface area contributed by atoms with Gasteiger partial charge in [0.15, 0.2) is 5.76 Å². The summed E-state index contributed by atoms with van der Waals surface area (Å²) in [6, 6.07) is 6.89. The number of rotatable bonds is 3. The van der Waals surface area contributed by atoms with Gasteiger partial charge in [0, 0.05) is 24.6 Å². The number of aromatic hydroxyl groups is 1. The second-order valence-electron chi connectivity index (χ2n) is 3.76. The van der Waals surface area contributed by atoms with Gasteiger partial charge in [-0.05, 0) is 25.2 Å². The normalized spacial score (nSPS) is 9.83. The van der Waals surface area contributed by atoms with Crippen LogP contribution in [0.2, 0.25) is 0 Å². The summed E-state index contributed by atoms with van der Waals surface area (Å²) >= 11 is 0. The highest BCUT2D eigenvalue weighted by Gasteiger charge is 2.08. The maximum absolute atomic E-state index is 9.77. The van der Waals surface area contributed by atoms with Crippen molar-refractivity contribution in [3.05, 3.63) is 36.0 Å². The Labute approximate surface area is 106 Å². The molecule has 18 heavy (non-hydrogen) atoms. The first-order chi connectivity index (χ1) is 8.81. The summed E-state index contributed by atoms with van der Waals surface area (Å²) in [5, 5.41) is 16.4. The molecule has 0 fully saturated rings. The molecule has 1 heterocycles. The molecule has 1 aromatic carbocycles. The van der Waals surface area contributed by atoms with Crippen molar-refractivity contribution in [1.29, 1.82) is 0 Å². The van der Waals surface area contributed by atoms with E-state index in [9.17, 15) is 5.11 Å². The van der Waals surface area contributed by atoms with Gasteiger partial charge < -0.3 is 14.9 Å². The minimum absolute atomic E-state index is 0.160. The number of nitrogens with zero attached hydrogens (tertiary/aromatic N) is 1. The van der Waals surface area contributed by atoms with Crippen molar-refractivity contribution in [2.75, 3.05) is 13.6 Å². The molecule has 2 rings (SSSR count). The topological polar surface area (TPSA) is 58.3 Å². The molecule has 0 aliphatic carbocycles. The molecule has 0 spiro atoms. The number of phenolic OH excluding ortho intramolecular Hbond substituents is 1. The van der Waals surface area contributed by atoms with Crippen molar-refractivity contribution >= 4 is 0 Å². The lowest BCUT2D eigenvalue weighted by Crippen LogP contribution is -2.05. The van der Waals surface area contributed by atoms with Crippen molar-refractivity contribution in [2.45, 2.75) is 6.42 Å². The van der Waals surface area contributed by atoms with Crippen molar-refractivity contribution in [3.8, 4) is 28.9 Å². The molecule has 92 valence electrons. The van der Waals surface area contributed by atoms with Crippen LogP contribution in [0.3, 0.4) is 0 Å². The van der Waals surface area contributed by atoms with E-state index < -0.39 is 0 Å². The van der Waals surface area contributed by atoms with Gasteiger partial charge in [-0.2, -0.15) is 0 Å². The first-order valence-corrected chi connectivity index (χ1v) is 5.69. The SMILES string of the molecule is CNCCC#Cc1ccc(O)c(-c2ccno2)c1. The van der Waals surface area contributed by atoms with Gasteiger partial charge in [-0.3, -0.25) is 0 Å². The molecule has 1 aromatic heterocycles. The third-order valence-electron chi connectivity index (χ3n) is 2.43. The largest absolute Gasteiger partial charge is 0.507 e. The van der Waals surface area contributed by atoms with Crippen molar-refractivity contribution in [1.82, 2.24) is 10.5 Å². The average Bonchev–Trinajstić information content (AvgIpc) is 2.90. The zero-order valence-corrected chi connectivity index (χ0v) is 10.1. The van der Waals surface area contributed by atoms with Crippen molar-refractivity contribution in [2.24, 2.45) is 0 Å². The van der Waals surface area contributed by atoms with E-state index in [-0.39, 0.29) is 5.75 Å². The minimum atomic E-state index is 0.160. The molecule has 2 N–H and O–H groups in total. The molecular weight excluding hydrogens is 228 g/mol. The van der Waals surface area contributed by atoms with Crippen LogP contribution in [-0.4, -0.2) is 23.9 Å². The zero-order chi connectivity index (χ0) is 12.8. The van der Waals surface area contributed by atoms with Gasteiger partial charge in [0.2, 0.25) is 0 Å². The van der Waals surface area contributed by atoms with E-state index in [1.54, 1.807) is 30.5 Å². The molecule has 0 radical (unpaired) electrons. The van der Waals surface area contributed by atoms with E-state index >= 15 is 0 Å². The number of hydrogen-bond donors (Lipinski definition) is 2. The van der Waals surface area contributed by atoms with Gasteiger partial charge >= 0.3 is 0 Å². The van der Waals surface area contributed by atoms with Gasteiger partial charge in [-0.25, -0.2) is 0 Å². The summed E-state index contributed by atoms with van der Waals surface area (Å²) in [5.41, 5.74) is 1.45. The number of aromatic nitrogens is 1. The highest BCUT2D eigenvalue weighted by atomic mass is 16.5. The summed E-state index contributed by atoms with van der Waals surface area (Å²) in [5.74, 6) is 6.79. The molecule has 0 atom stereocenters. The van der Waals surface area contributed by atoms with Crippen LogP contribution >= 0.6 is 0 Å². The standard InChI is InChI=1S/C14H14N2O2/c1-15-8-3-2-4-11-5-6-13(17)12(10-11)14-7-9-16-18-14/h5-7,9-10,15,17H,3,8H2,1H3. The number of benzene rings is 1.